The minimum Gasteiger partial charge on any atom is -0.756 e. The molecule has 0 saturated carbocycles. The molecule has 0 aliphatic carbocycles. The number of phosphoric ester groups is 1. The number of unbranched alkanes of at least 4 members (excludes halogenated alkanes) is 3. The molecule has 1 atom stereocenters. The number of ketones is 1. The summed E-state index contributed by atoms with van der Waals surface area (Å²) in [4.78, 5) is 27.9. The SMILES string of the molecule is CC(C)OP(=O)([O-])OCCCCCCC(=O)Cc1cnc2ccccc2c1. The number of Topliss-reactive ketones (excluding diaryl/α,β-unsaturated/α-hetero) is 1. The Morgan fingerprint density at radius 3 is 2.70 bits per heavy atom. The van der Waals surface area contributed by atoms with Crippen molar-refractivity contribution in [3.63, 3.8) is 0 Å². The number of fused-ring (bicyclic) bond motifs is 1. The zero-order valence-corrected chi connectivity index (χ0v) is 16.8. The monoisotopic (exact) mass is 392 g/mol. The van der Waals surface area contributed by atoms with Crippen molar-refractivity contribution in [1.82, 2.24) is 4.98 Å². The van der Waals surface area contributed by atoms with Crippen LogP contribution in [-0.4, -0.2) is 23.5 Å². The maximum atomic E-state index is 12.1. The molecule has 1 aromatic heterocycles. The minimum absolute atomic E-state index is 0.115. The molecule has 1 unspecified atom stereocenters. The van der Waals surface area contributed by atoms with Crippen molar-refractivity contribution in [2.45, 2.75) is 58.5 Å². The molecule has 0 aliphatic heterocycles. The van der Waals surface area contributed by atoms with Crippen LogP contribution in [0.3, 0.4) is 0 Å². The average Bonchev–Trinajstić information content (AvgIpc) is 2.59. The van der Waals surface area contributed by atoms with E-state index < -0.39 is 13.9 Å². The zero-order valence-electron chi connectivity index (χ0n) is 15.9. The number of benzene rings is 1. The summed E-state index contributed by atoms with van der Waals surface area (Å²) < 4.78 is 20.9. The second-order valence-electron chi connectivity index (χ2n) is 6.85. The smallest absolute Gasteiger partial charge is 0.268 e. The van der Waals surface area contributed by atoms with E-state index in [4.69, 9.17) is 9.05 Å². The van der Waals surface area contributed by atoms with Gasteiger partial charge < -0.3 is 13.9 Å². The van der Waals surface area contributed by atoms with Gasteiger partial charge in [0.25, 0.3) is 7.82 Å². The van der Waals surface area contributed by atoms with Crippen LogP contribution in [0.5, 0.6) is 0 Å². The van der Waals surface area contributed by atoms with Gasteiger partial charge in [-0.25, -0.2) is 0 Å². The highest BCUT2D eigenvalue weighted by atomic mass is 31.2. The van der Waals surface area contributed by atoms with Crippen molar-refractivity contribution in [1.29, 1.82) is 0 Å². The van der Waals surface area contributed by atoms with E-state index in [1.807, 2.05) is 30.3 Å². The van der Waals surface area contributed by atoms with Gasteiger partial charge >= 0.3 is 0 Å². The Balaban J connectivity index is 1.60. The first kappa shape index (κ1) is 21.7. The molecule has 0 fully saturated rings. The fourth-order valence-corrected chi connectivity index (χ4v) is 3.70. The van der Waals surface area contributed by atoms with E-state index in [2.05, 4.69) is 4.98 Å². The van der Waals surface area contributed by atoms with Gasteiger partial charge in [0.1, 0.15) is 5.78 Å². The van der Waals surface area contributed by atoms with E-state index in [9.17, 15) is 14.3 Å². The van der Waals surface area contributed by atoms with Gasteiger partial charge in [0, 0.05) is 24.4 Å². The summed E-state index contributed by atoms with van der Waals surface area (Å²) in [5.74, 6) is 0.192. The number of nitrogens with zero attached hydrogens (tertiary/aromatic N) is 1. The molecule has 2 rings (SSSR count). The summed E-state index contributed by atoms with van der Waals surface area (Å²) in [7, 11) is -4.19. The highest BCUT2D eigenvalue weighted by Gasteiger charge is 2.11. The fourth-order valence-electron chi connectivity index (χ4n) is 2.77. The highest BCUT2D eigenvalue weighted by molar-refractivity contribution is 7.45. The summed E-state index contributed by atoms with van der Waals surface area (Å²) >= 11 is 0. The molecular formula is C20H27NO5P-. The van der Waals surface area contributed by atoms with E-state index in [1.54, 1.807) is 20.0 Å². The van der Waals surface area contributed by atoms with Crippen molar-refractivity contribution in [2.24, 2.45) is 0 Å². The second-order valence-corrected chi connectivity index (χ2v) is 8.21. The summed E-state index contributed by atoms with van der Waals surface area (Å²) in [6.07, 6.45) is 5.34. The Bertz CT molecular complexity index is 793. The maximum Gasteiger partial charge on any atom is 0.268 e. The average molecular weight is 392 g/mol. The number of hydrogen-bond acceptors (Lipinski definition) is 6. The first-order valence-corrected chi connectivity index (χ1v) is 10.8. The molecule has 1 aromatic carbocycles. The standard InChI is InChI=1S/C20H28NO5P/c1-16(2)26-27(23,24)25-12-8-4-3-5-10-19(22)14-17-13-18-9-6-7-11-20(18)21-15-17/h6-7,9,11,13,15-16H,3-5,8,10,12,14H2,1-2H3,(H,23,24)/p-1. The Labute approximate surface area is 160 Å². The topological polar surface area (TPSA) is 88.5 Å². The predicted octanol–water partition coefficient (Wildman–Crippen LogP) is 4.21. The van der Waals surface area contributed by atoms with Crippen molar-refractivity contribution < 1.29 is 23.3 Å². The lowest BCUT2D eigenvalue weighted by Crippen LogP contribution is -2.13. The lowest BCUT2D eigenvalue weighted by Gasteiger charge is -2.24. The van der Waals surface area contributed by atoms with Crippen LogP contribution in [0.2, 0.25) is 0 Å². The Morgan fingerprint density at radius 2 is 1.93 bits per heavy atom. The molecule has 0 N–H and O–H groups in total. The van der Waals surface area contributed by atoms with Gasteiger partial charge in [0.2, 0.25) is 0 Å². The quantitative estimate of drug-likeness (QED) is 0.397. The summed E-state index contributed by atoms with van der Waals surface area (Å²) in [5, 5.41) is 1.04. The molecule has 0 radical (unpaired) electrons. The van der Waals surface area contributed by atoms with Crippen molar-refractivity contribution >= 4 is 24.5 Å². The first-order chi connectivity index (χ1) is 12.9. The van der Waals surface area contributed by atoms with E-state index in [0.717, 1.165) is 35.7 Å². The summed E-state index contributed by atoms with van der Waals surface area (Å²) in [6.45, 7) is 3.39. The van der Waals surface area contributed by atoms with Crippen LogP contribution in [0.15, 0.2) is 36.5 Å². The molecule has 2 aromatic rings. The molecule has 1 heterocycles. The van der Waals surface area contributed by atoms with E-state index in [1.165, 1.54) is 0 Å². The molecule has 0 saturated heterocycles. The van der Waals surface area contributed by atoms with Crippen molar-refractivity contribution in [3.05, 3.63) is 42.1 Å². The highest BCUT2D eigenvalue weighted by Crippen LogP contribution is 2.39. The number of hydrogen-bond donors (Lipinski definition) is 0. The molecule has 0 amide bonds. The third-order valence-electron chi connectivity index (χ3n) is 3.99. The molecule has 0 bridgehead atoms. The second kappa shape index (κ2) is 10.7. The number of carbonyl (C=O) groups is 1. The van der Waals surface area contributed by atoms with Crippen LogP contribution in [0.1, 0.15) is 51.5 Å². The molecule has 0 aliphatic rings. The van der Waals surface area contributed by atoms with Gasteiger partial charge in [0.05, 0.1) is 18.2 Å². The number of phosphoric acid groups is 1. The number of aromatic nitrogens is 1. The number of carbonyl (C=O) groups excluding carboxylic acids is 1. The van der Waals surface area contributed by atoms with Crippen LogP contribution in [0.4, 0.5) is 0 Å². The Hall–Kier alpha value is -1.59. The lowest BCUT2D eigenvalue weighted by molar-refractivity contribution is -0.228. The van der Waals surface area contributed by atoms with Gasteiger partial charge in [-0.2, -0.15) is 0 Å². The summed E-state index contributed by atoms with van der Waals surface area (Å²) in [6, 6.07) is 9.85. The van der Waals surface area contributed by atoms with E-state index in [0.29, 0.717) is 19.3 Å². The third-order valence-corrected chi connectivity index (χ3v) is 5.17. The van der Waals surface area contributed by atoms with Crippen LogP contribution in [0, 0.1) is 0 Å². The van der Waals surface area contributed by atoms with Gasteiger partial charge in [-0.05, 0) is 44.4 Å². The van der Waals surface area contributed by atoms with Gasteiger partial charge in [-0.3, -0.25) is 14.3 Å². The molecule has 6 nitrogen and oxygen atoms in total. The van der Waals surface area contributed by atoms with E-state index >= 15 is 0 Å². The van der Waals surface area contributed by atoms with Crippen molar-refractivity contribution in [3.8, 4) is 0 Å². The van der Waals surface area contributed by atoms with Crippen LogP contribution in [0.25, 0.3) is 10.9 Å². The van der Waals surface area contributed by atoms with Crippen molar-refractivity contribution in [2.75, 3.05) is 6.61 Å². The van der Waals surface area contributed by atoms with Gasteiger partial charge in [-0.15, -0.1) is 0 Å². The molecule has 27 heavy (non-hydrogen) atoms. The molecule has 0 spiro atoms. The third kappa shape index (κ3) is 8.31. The number of rotatable bonds is 12. The lowest BCUT2D eigenvalue weighted by atomic mass is 10.0. The maximum absolute atomic E-state index is 12.1. The molecule has 7 heteroatoms. The van der Waals surface area contributed by atoms with Gasteiger partial charge in [-0.1, -0.05) is 31.0 Å². The van der Waals surface area contributed by atoms with Crippen LogP contribution < -0.4 is 4.89 Å². The van der Waals surface area contributed by atoms with Gasteiger partial charge in [0.15, 0.2) is 0 Å². The fraction of sp³-hybridized carbons (Fsp3) is 0.500. The minimum atomic E-state index is -4.19. The first-order valence-electron chi connectivity index (χ1n) is 9.35. The largest absolute Gasteiger partial charge is 0.756 e. The van der Waals surface area contributed by atoms with Crippen LogP contribution >= 0.6 is 7.82 Å². The molecule has 148 valence electrons. The van der Waals surface area contributed by atoms with E-state index in [-0.39, 0.29) is 12.4 Å². The zero-order chi connectivity index (χ0) is 19.7. The Morgan fingerprint density at radius 1 is 1.19 bits per heavy atom. The Kier molecular flexibility index (Phi) is 8.58. The van der Waals surface area contributed by atoms with Crippen LogP contribution in [-0.2, 0) is 24.8 Å². The predicted molar refractivity (Wildman–Crippen MR) is 103 cm³/mol. The molecular weight excluding hydrogens is 365 g/mol. The summed E-state index contributed by atoms with van der Waals surface area (Å²) in [5.41, 5.74) is 1.86. The number of pyridine rings is 1. The number of para-hydroxylation sites is 1. The normalized spacial score (nSPS) is 13.8.